The smallest absolute Gasteiger partial charge is 0.296 e. The van der Waals surface area contributed by atoms with E-state index in [-0.39, 0.29) is 22.2 Å². The number of ketones is 1. The van der Waals surface area contributed by atoms with Crippen LogP contribution in [0.2, 0.25) is 0 Å². The number of para-hydroxylation sites is 1. The van der Waals surface area contributed by atoms with Gasteiger partial charge in [0.2, 0.25) is 10.9 Å². The fourth-order valence-corrected chi connectivity index (χ4v) is 7.02. The number of furan rings is 1. The summed E-state index contributed by atoms with van der Waals surface area (Å²) >= 11 is 2.69. The second-order valence-electron chi connectivity index (χ2n) is 9.69. The van der Waals surface area contributed by atoms with Gasteiger partial charge in [0.25, 0.3) is 5.91 Å². The van der Waals surface area contributed by atoms with Crippen molar-refractivity contribution in [2.24, 2.45) is 0 Å². The summed E-state index contributed by atoms with van der Waals surface area (Å²) in [6, 6.07) is 28.2. The molecule has 0 unspecified atom stereocenters. The summed E-state index contributed by atoms with van der Waals surface area (Å²) in [5.41, 5.74) is 2.03. The molecule has 2 aromatic heterocycles. The lowest BCUT2D eigenvalue weighted by molar-refractivity contribution is -0.117. The van der Waals surface area contributed by atoms with Crippen LogP contribution in [0, 0.1) is 0 Å². The third kappa shape index (κ3) is 4.50. The van der Waals surface area contributed by atoms with Crippen molar-refractivity contribution in [3.63, 3.8) is 0 Å². The molecule has 1 aliphatic heterocycles. The van der Waals surface area contributed by atoms with E-state index >= 15 is 0 Å². The summed E-state index contributed by atoms with van der Waals surface area (Å²) in [6.07, 6.45) is 0. The second kappa shape index (κ2) is 10.5. The number of phenols is 1. The summed E-state index contributed by atoms with van der Waals surface area (Å²) in [5, 5.41) is 32.8. The Morgan fingerprint density at radius 2 is 1.64 bits per heavy atom. The number of carbonyl (C=O) groups is 2. The van der Waals surface area contributed by atoms with Gasteiger partial charge in [-0.25, -0.2) is 0 Å². The van der Waals surface area contributed by atoms with Gasteiger partial charge >= 0.3 is 0 Å². The third-order valence-corrected chi connectivity index (χ3v) is 9.25. The summed E-state index contributed by atoms with van der Waals surface area (Å²) in [6.45, 7) is 0. The van der Waals surface area contributed by atoms with E-state index in [1.165, 1.54) is 40.1 Å². The first-order chi connectivity index (χ1) is 20.5. The molecule has 3 heterocycles. The number of anilines is 1. The normalized spacial score (nSPS) is 15.3. The molecule has 4 aromatic carbocycles. The number of hydrogen-bond donors (Lipinski definition) is 2. The van der Waals surface area contributed by atoms with Gasteiger partial charge in [-0.2, -0.15) is 0 Å². The van der Waals surface area contributed by atoms with E-state index < -0.39 is 23.5 Å². The molecule has 0 fully saturated rings. The van der Waals surface area contributed by atoms with Crippen LogP contribution in [0.3, 0.4) is 0 Å². The minimum atomic E-state index is -1.01. The van der Waals surface area contributed by atoms with Crippen LogP contribution in [0.1, 0.15) is 27.7 Å². The molecule has 0 radical (unpaired) electrons. The fourth-order valence-electron chi connectivity index (χ4n) is 5.15. The molecule has 0 aliphatic carbocycles. The highest BCUT2D eigenvalue weighted by atomic mass is 32.2. The van der Waals surface area contributed by atoms with Crippen LogP contribution in [-0.4, -0.2) is 32.1 Å². The number of aromatic hydroxyl groups is 1. The maximum Gasteiger partial charge on any atom is 0.296 e. The van der Waals surface area contributed by atoms with Crippen LogP contribution < -0.4 is 4.90 Å². The quantitative estimate of drug-likeness (QED) is 0.114. The molecule has 1 aliphatic rings. The minimum Gasteiger partial charge on any atom is -0.508 e. The molecule has 1 amide bonds. The van der Waals surface area contributed by atoms with E-state index in [1.54, 1.807) is 30.3 Å². The van der Waals surface area contributed by atoms with Crippen molar-refractivity contribution in [2.45, 2.75) is 16.1 Å². The van der Waals surface area contributed by atoms with E-state index in [0.29, 0.717) is 21.2 Å². The first-order valence-corrected chi connectivity index (χ1v) is 14.8. The second-order valence-corrected chi connectivity index (χ2v) is 11.9. The predicted molar refractivity (Wildman–Crippen MR) is 162 cm³/mol. The summed E-state index contributed by atoms with van der Waals surface area (Å²) < 4.78 is 6.42. The van der Waals surface area contributed by atoms with Gasteiger partial charge in [0.05, 0.1) is 11.6 Å². The Bertz CT molecular complexity index is 1990. The average Bonchev–Trinajstić information content (AvgIpc) is 3.73. The van der Waals surface area contributed by atoms with Crippen LogP contribution in [0.5, 0.6) is 5.75 Å². The number of aliphatic hydroxyl groups excluding tert-OH is 1. The molecule has 0 spiro atoms. The Balaban J connectivity index is 1.23. The molecule has 10 heteroatoms. The number of thioether (sulfide) groups is 1. The lowest BCUT2D eigenvalue weighted by atomic mass is 9.95. The molecule has 1 atom stereocenters. The first kappa shape index (κ1) is 26.0. The van der Waals surface area contributed by atoms with Gasteiger partial charge in [-0.3, -0.25) is 14.5 Å². The van der Waals surface area contributed by atoms with Gasteiger partial charge in [0.1, 0.15) is 11.3 Å². The van der Waals surface area contributed by atoms with Gasteiger partial charge in [-0.1, -0.05) is 95.9 Å². The zero-order valence-corrected chi connectivity index (χ0v) is 23.4. The lowest BCUT2D eigenvalue weighted by Gasteiger charge is -2.23. The monoisotopic (exact) mass is 591 g/mol. The Labute approximate surface area is 247 Å². The maximum atomic E-state index is 13.8. The van der Waals surface area contributed by atoms with Gasteiger partial charge in [0, 0.05) is 11.1 Å². The van der Waals surface area contributed by atoms with Crippen molar-refractivity contribution in [1.29, 1.82) is 0 Å². The van der Waals surface area contributed by atoms with Gasteiger partial charge in [-0.15, -0.1) is 10.2 Å². The standard InChI is InChI=1S/C32H21N3O5S2/c36-22-14-12-19(13-15-22)27-26(28(37)25-16-20-7-2-4-11-24(20)40-25)29(38)30(39)35(27)31-33-34-32(42-31)41-17-21-9-5-8-18-6-1-3-10-23(18)21/h1-16,27,36,38H,17H2/t27-/m0/s1. The number of phenolic OH excluding ortho intramolecular Hbond substituents is 1. The number of aromatic nitrogens is 2. The van der Waals surface area contributed by atoms with Crippen molar-refractivity contribution >= 4 is 61.7 Å². The number of nitrogens with zero attached hydrogens (tertiary/aromatic N) is 3. The Hall–Kier alpha value is -4.93. The van der Waals surface area contributed by atoms with Gasteiger partial charge in [-0.05, 0) is 46.2 Å². The van der Waals surface area contributed by atoms with E-state index in [1.807, 2.05) is 30.3 Å². The van der Waals surface area contributed by atoms with Crippen LogP contribution in [0.15, 0.2) is 117 Å². The molecule has 2 N–H and O–H groups in total. The highest BCUT2D eigenvalue weighted by molar-refractivity contribution is 8.00. The van der Waals surface area contributed by atoms with Crippen molar-refractivity contribution in [3.05, 3.63) is 125 Å². The number of rotatable bonds is 7. The Morgan fingerprint density at radius 3 is 2.45 bits per heavy atom. The van der Waals surface area contributed by atoms with Crippen molar-refractivity contribution in [3.8, 4) is 5.75 Å². The number of fused-ring (bicyclic) bond motifs is 2. The van der Waals surface area contributed by atoms with Gasteiger partial charge < -0.3 is 14.6 Å². The maximum absolute atomic E-state index is 13.8. The van der Waals surface area contributed by atoms with Crippen molar-refractivity contribution in [2.75, 3.05) is 4.90 Å². The largest absolute Gasteiger partial charge is 0.508 e. The molecular formula is C32H21N3O5S2. The fraction of sp³-hybridized carbons (Fsp3) is 0.0625. The van der Waals surface area contributed by atoms with Crippen molar-refractivity contribution < 1.29 is 24.2 Å². The molecule has 0 bridgehead atoms. The molecule has 7 rings (SSSR count). The first-order valence-electron chi connectivity index (χ1n) is 13.0. The van der Waals surface area contributed by atoms with E-state index in [9.17, 15) is 19.8 Å². The third-order valence-electron chi connectivity index (χ3n) is 7.14. The zero-order valence-electron chi connectivity index (χ0n) is 21.8. The molecule has 8 nitrogen and oxygen atoms in total. The molecule has 206 valence electrons. The number of hydrogen-bond acceptors (Lipinski definition) is 9. The van der Waals surface area contributed by atoms with Crippen LogP contribution in [0.25, 0.3) is 21.7 Å². The predicted octanol–water partition coefficient (Wildman–Crippen LogP) is 7.22. The summed E-state index contributed by atoms with van der Waals surface area (Å²) in [7, 11) is 0. The molecule has 6 aromatic rings. The SMILES string of the molecule is O=C(C1=C(O)C(=O)N(c2nnc(SCc3cccc4ccccc34)s2)[C@H]1c1ccc(O)cc1)c1cc2ccccc2o1. The Kier molecular flexibility index (Phi) is 6.49. The topological polar surface area (TPSA) is 117 Å². The average molecular weight is 592 g/mol. The lowest BCUT2D eigenvalue weighted by Crippen LogP contribution is -2.31. The van der Waals surface area contributed by atoms with Gasteiger partial charge in [0.15, 0.2) is 15.9 Å². The number of amides is 1. The molecular weight excluding hydrogens is 571 g/mol. The number of carbonyl (C=O) groups excluding carboxylic acids is 2. The molecule has 42 heavy (non-hydrogen) atoms. The van der Waals surface area contributed by atoms with Crippen LogP contribution in [0.4, 0.5) is 5.13 Å². The zero-order chi connectivity index (χ0) is 28.8. The van der Waals surface area contributed by atoms with E-state index in [2.05, 4.69) is 34.5 Å². The Morgan fingerprint density at radius 1 is 0.905 bits per heavy atom. The van der Waals surface area contributed by atoms with Crippen molar-refractivity contribution in [1.82, 2.24) is 10.2 Å². The molecule has 0 saturated carbocycles. The van der Waals surface area contributed by atoms with Crippen LogP contribution >= 0.6 is 23.1 Å². The highest BCUT2D eigenvalue weighted by Gasteiger charge is 2.46. The summed E-state index contributed by atoms with van der Waals surface area (Å²) in [5.74, 6) is -1.40. The number of benzene rings is 4. The number of aliphatic hydroxyl groups is 1. The highest BCUT2D eigenvalue weighted by Crippen LogP contribution is 2.44. The van der Waals surface area contributed by atoms with E-state index in [4.69, 9.17) is 4.42 Å². The van der Waals surface area contributed by atoms with E-state index in [0.717, 1.165) is 21.7 Å². The molecule has 0 saturated heterocycles. The summed E-state index contributed by atoms with van der Waals surface area (Å²) in [4.78, 5) is 28.6. The minimum absolute atomic E-state index is 0.000209. The van der Waals surface area contributed by atoms with Crippen LogP contribution in [-0.2, 0) is 10.5 Å². The number of Topliss-reactive ketones (excluding diaryl/α,β-unsaturated/α-hetero) is 1.